The fourth-order valence-electron chi connectivity index (χ4n) is 3.04. The Labute approximate surface area is 157 Å². The van der Waals surface area contributed by atoms with Gasteiger partial charge in [0.15, 0.2) is 0 Å². The molecule has 0 saturated carbocycles. The smallest absolute Gasteiger partial charge is 0.270 e. The SMILES string of the molecule is CCCOc1ccccc1[C@H]1SCC(=O)Nc2c1c(=O)[nH]n2[C@H](C)CC. The molecule has 1 amide bonds. The second-order valence-electron chi connectivity index (χ2n) is 6.46. The topological polar surface area (TPSA) is 76.1 Å². The summed E-state index contributed by atoms with van der Waals surface area (Å²) in [5, 5.41) is 5.57. The van der Waals surface area contributed by atoms with Gasteiger partial charge in [-0.05, 0) is 25.8 Å². The molecule has 140 valence electrons. The number of thioether (sulfide) groups is 1. The van der Waals surface area contributed by atoms with Gasteiger partial charge in [-0.2, -0.15) is 0 Å². The highest BCUT2D eigenvalue weighted by atomic mass is 32.2. The standard InChI is InChI=1S/C19H25N3O3S/c1-4-10-25-14-9-7-6-8-13(14)17-16-18(20-15(23)11-26-17)22(12(3)5-2)21-19(16)24/h6-9,12,17H,4-5,10-11H2,1-3H3,(H,20,23)(H,21,24)/t12-,17-/m1/s1. The van der Waals surface area contributed by atoms with Gasteiger partial charge in [0.25, 0.3) is 5.56 Å². The van der Waals surface area contributed by atoms with Crippen molar-refractivity contribution in [2.24, 2.45) is 0 Å². The van der Waals surface area contributed by atoms with Crippen LogP contribution in [0.1, 0.15) is 56.0 Å². The number of hydrogen-bond acceptors (Lipinski definition) is 4. The number of aromatic nitrogens is 2. The second kappa shape index (κ2) is 8.03. The Morgan fingerprint density at radius 2 is 2.08 bits per heavy atom. The van der Waals surface area contributed by atoms with E-state index >= 15 is 0 Å². The molecule has 6 nitrogen and oxygen atoms in total. The highest BCUT2D eigenvalue weighted by Crippen LogP contribution is 2.43. The van der Waals surface area contributed by atoms with E-state index in [4.69, 9.17) is 4.74 Å². The molecule has 0 radical (unpaired) electrons. The van der Waals surface area contributed by atoms with Crippen LogP contribution in [-0.4, -0.2) is 28.0 Å². The molecule has 7 heteroatoms. The average molecular weight is 375 g/mol. The molecule has 0 saturated heterocycles. The summed E-state index contributed by atoms with van der Waals surface area (Å²) in [5.41, 5.74) is 1.36. The summed E-state index contributed by atoms with van der Waals surface area (Å²) in [6.07, 6.45) is 1.75. The second-order valence-corrected chi connectivity index (χ2v) is 7.55. The Hall–Kier alpha value is -2.15. The molecule has 1 aliphatic rings. The number of anilines is 1. The number of benzene rings is 1. The van der Waals surface area contributed by atoms with Crippen LogP contribution in [0.25, 0.3) is 0 Å². The van der Waals surface area contributed by atoms with Crippen LogP contribution in [0, 0.1) is 0 Å². The highest BCUT2D eigenvalue weighted by molar-refractivity contribution is 8.00. The number of aromatic amines is 1. The molecule has 2 atom stereocenters. The van der Waals surface area contributed by atoms with E-state index in [1.807, 2.05) is 38.1 Å². The Bertz CT molecular complexity index is 843. The number of fused-ring (bicyclic) bond motifs is 1. The molecule has 0 aliphatic carbocycles. The molecule has 0 spiro atoms. The lowest BCUT2D eigenvalue weighted by Crippen LogP contribution is -2.18. The molecule has 3 rings (SSSR count). The third kappa shape index (κ3) is 3.53. The summed E-state index contributed by atoms with van der Waals surface area (Å²) in [5.74, 6) is 1.54. The van der Waals surface area contributed by atoms with E-state index in [1.54, 1.807) is 4.68 Å². The van der Waals surface area contributed by atoms with Crippen LogP contribution in [0.3, 0.4) is 0 Å². The maximum absolute atomic E-state index is 12.8. The normalized spacial score (nSPS) is 18.0. The van der Waals surface area contributed by atoms with Gasteiger partial charge in [-0.1, -0.05) is 32.0 Å². The van der Waals surface area contributed by atoms with Gasteiger partial charge in [-0.3, -0.25) is 19.4 Å². The first-order valence-electron chi connectivity index (χ1n) is 9.04. The quantitative estimate of drug-likeness (QED) is 0.807. The molecular formula is C19H25N3O3S. The number of carbonyl (C=O) groups is 1. The Morgan fingerprint density at radius 1 is 1.31 bits per heavy atom. The molecule has 0 fully saturated rings. The zero-order valence-corrected chi connectivity index (χ0v) is 16.2. The van der Waals surface area contributed by atoms with Gasteiger partial charge in [0, 0.05) is 11.6 Å². The first kappa shape index (κ1) is 18.6. The number of ether oxygens (including phenoxy) is 1. The molecule has 0 unspecified atom stereocenters. The number of H-pyrrole nitrogens is 1. The van der Waals surface area contributed by atoms with Crippen molar-refractivity contribution in [1.82, 2.24) is 9.78 Å². The maximum Gasteiger partial charge on any atom is 0.270 e. The van der Waals surface area contributed by atoms with Crippen molar-refractivity contribution in [2.45, 2.75) is 44.9 Å². The van der Waals surface area contributed by atoms with Gasteiger partial charge < -0.3 is 10.1 Å². The van der Waals surface area contributed by atoms with Crippen molar-refractivity contribution in [3.05, 3.63) is 45.7 Å². The fraction of sp³-hybridized carbons (Fsp3) is 0.474. The minimum Gasteiger partial charge on any atom is -0.493 e. The summed E-state index contributed by atoms with van der Waals surface area (Å²) in [6, 6.07) is 7.85. The van der Waals surface area contributed by atoms with Crippen molar-refractivity contribution in [2.75, 3.05) is 17.7 Å². The number of hydrogen-bond donors (Lipinski definition) is 2. The molecule has 2 N–H and O–H groups in total. The fourth-order valence-corrected chi connectivity index (χ4v) is 4.19. The molecule has 26 heavy (non-hydrogen) atoms. The van der Waals surface area contributed by atoms with Crippen molar-refractivity contribution in [3.63, 3.8) is 0 Å². The first-order valence-corrected chi connectivity index (χ1v) is 10.1. The third-order valence-electron chi connectivity index (χ3n) is 4.56. The predicted molar refractivity (Wildman–Crippen MR) is 105 cm³/mol. The maximum atomic E-state index is 12.8. The first-order chi connectivity index (χ1) is 12.6. The van der Waals surface area contributed by atoms with Crippen molar-refractivity contribution in [1.29, 1.82) is 0 Å². The van der Waals surface area contributed by atoms with Crippen LogP contribution in [0.15, 0.2) is 29.1 Å². The number of carbonyl (C=O) groups excluding carboxylic acids is 1. The van der Waals surface area contributed by atoms with Crippen molar-refractivity contribution in [3.8, 4) is 5.75 Å². The van der Waals surface area contributed by atoms with Gasteiger partial charge in [0.1, 0.15) is 11.6 Å². The van der Waals surface area contributed by atoms with E-state index in [9.17, 15) is 9.59 Å². The van der Waals surface area contributed by atoms with Gasteiger partial charge >= 0.3 is 0 Å². The molecule has 2 aromatic rings. The lowest BCUT2D eigenvalue weighted by atomic mass is 10.0. The predicted octanol–water partition coefficient (Wildman–Crippen LogP) is 3.71. The largest absolute Gasteiger partial charge is 0.493 e. The molecule has 1 aliphatic heterocycles. The van der Waals surface area contributed by atoms with Gasteiger partial charge in [-0.15, -0.1) is 11.8 Å². The summed E-state index contributed by atoms with van der Waals surface area (Å²) in [4.78, 5) is 25.1. The zero-order valence-electron chi connectivity index (χ0n) is 15.4. The van der Waals surface area contributed by atoms with E-state index in [-0.39, 0.29) is 22.8 Å². The molecule has 1 aromatic heterocycles. The van der Waals surface area contributed by atoms with Crippen LogP contribution in [0.2, 0.25) is 0 Å². The Morgan fingerprint density at radius 3 is 2.81 bits per heavy atom. The van der Waals surface area contributed by atoms with E-state index in [1.165, 1.54) is 11.8 Å². The molecule has 0 bridgehead atoms. The Kier molecular flexibility index (Phi) is 5.76. The summed E-state index contributed by atoms with van der Waals surface area (Å²) in [7, 11) is 0. The van der Waals surface area contributed by atoms with Crippen LogP contribution < -0.4 is 15.6 Å². The minimum atomic E-state index is -0.258. The van der Waals surface area contributed by atoms with Crippen molar-refractivity contribution >= 4 is 23.5 Å². The van der Waals surface area contributed by atoms with E-state index < -0.39 is 0 Å². The number of nitrogens with one attached hydrogen (secondary N) is 2. The van der Waals surface area contributed by atoms with Crippen LogP contribution in [0.4, 0.5) is 5.82 Å². The lowest BCUT2D eigenvalue weighted by molar-refractivity contribution is -0.113. The zero-order chi connectivity index (χ0) is 18.7. The van der Waals surface area contributed by atoms with E-state index in [0.29, 0.717) is 23.7 Å². The molecular weight excluding hydrogens is 350 g/mol. The number of amides is 1. The number of nitrogens with zero attached hydrogens (tertiary/aromatic N) is 1. The monoisotopic (exact) mass is 375 g/mol. The van der Waals surface area contributed by atoms with E-state index in [0.717, 1.165) is 24.2 Å². The molecule has 1 aromatic carbocycles. The average Bonchev–Trinajstić information content (AvgIpc) is 2.85. The lowest BCUT2D eigenvalue weighted by Gasteiger charge is -2.18. The van der Waals surface area contributed by atoms with Crippen LogP contribution >= 0.6 is 11.8 Å². The van der Waals surface area contributed by atoms with Crippen LogP contribution in [0.5, 0.6) is 5.75 Å². The Balaban J connectivity index is 2.13. The summed E-state index contributed by atoms with van der Waals surface area (Å²) < 4.78 is 7.68. The highest BCUT2D eigenvalue weighted by Gasteiger charge is 2.32. The third-order valence-corrected chi connectivity index (χ3v) is 5.81. The minimum absolute atomic E-state index is 0.0853. The van der Waals surface area contributed by atoms with Gasteiger partial charge in [0.05, 0.1) is 23.2 Å². The van der Waals surface area contributed by atoms with Gasteiger partial charge in [-0.25, -0.2) is 0 Å². The molecule has 2 heterocycles. The van der Waals surface area contributed by atoms with E-state index in [2.05, 4.69) is 17.3 Å². The number of para-hydroxylation sites is 1. The summed E-state index contributed by atoms with van der Waals surface area (Å²) in [6.45, 7) is 6.74. The van der Waals surface area contributed by atoms with Crippen LogP contribution in [-0.2, 0) is 4.79 Å². The van der Waals surface area contributed by atoms with Crippen molar-refractivity contribution < 1.29 is 9.53 Å². The number of rotatable bonds is 6. The summed E-state index contributed by atoms with van der Waals surface area (Å²) >= 11 is 1.46. The van der Waals surface area contributed by atoms with Gasteiger partial charge in [0.2, 0.25) is 5.91 Å².